The van der Waals surface area contributed by atoms with Crippen LogP contribution < -0.4 is 0 Å². The highest BCUT2D eigenvalue weighted by Crippen LogP contribution is 2.27. The number of rotatable bonds is 3. The van der Waals surface area contributed by atoms with Gasteiger partial charge in [0.15, 0.2) is 0 Å². The SMILES string of the molecule is Cc1nc(C#CC2CC2)ccc1-c1cn(C[C@H]2CCCCO2)nn1. The van der Waals surface area contributed by atoms with Crippen molar-refractivity contribution in [2.45, 2.75) is 51.7 Å². The molecule has 4 rings (SSSR count). The van der Waals surface area contributed by atoms with Gasteiger partial charge in [0.25, 0.3) is 0 Å². The van der Waals surface area contributed by atoms with E-state index in [2.05, 4.69) is 27.1 Å². The van der Waals surface area contributed by atoms with E-state index < -0.39 is 0 Å². The molecule has 0 radical (unpaired) electrons. The Morgan fingerprint density at radius 3 is 2.92 bits per heavy atom. The molecule has 0 aromatic carbocycles. The zero-order valence-electron chi connectivity index (χ0n) is 14.0. The minimum atomic E-state index is 0.257. The zero-order chi connectivity index (χ0) is 16.4. The Bertz CT molecular complexity index is 776. The molecule has 2 aliphatic rings. The first kappa shape index (κ1) is 15.3. The monoisotopic (exact) mass is 322 g/mol. The van der Waals surface area contributed by atoms with Crippen molar-refractivity contribution in [1.29, 1.82) is 0 Å². The van der Waals surface area contributed by atoms with Crippen molar-refractivity contribution in [1.82, 2.24) is 20.0 Å². The van der Waals surface area contributed by atoms with Crippen LogP contribution in [0.2, 0.25) is 0 Å². The first-order valence-electron chi connectivity index (χ1n) is 8.79. The van der Waals surface area contributed by atoms with Gasteiger partial charge in [-0.1, -0.05) is 11.1 Å². The lowest BCUT2D eigenvalue weighted by molar-refractivity contribution is 0.00370. The number of aromatic nitrogens is 4. The molecule has 5 heteroatoms. The van der Waals surface area contributed by atoms with Crippen LogP contribution in [0.5, 0.6) is 0 Å². The second kappa shape index (κ2) is 6.74. The number of hydrogen-bond acceptors (Lipinski definition) is 4. The van der Waals surface area contributed by atoms with E-state index in [1.165, 1.54) is 25.7 Å². The van der Waals surface area contributed by atoms with Gasteiger partial charge in [-0.25, -0.2) is 9.67 Å². The van der Waals surface area contributed by atoms with Gasteiger partial charge in [0.2, 0.25) is 0 Å². The summed E-state index contributed by atoms with van der Waals surface area (Å²) < 4.78 is 7.65. The highest BCUT2D eigenvalue weighted by Gasteiger charge is 2.18. The van der Waals surface area contributed by atoms with Gasteiger partial charge in [-0.2, -0.15) is 0 Å². The molecule has 0 unspecified atom stereocenters. The summed E-state index contributed by atoms with van der Waals surface area (Å²) in [6.07, 6.45) is 8.21. The summed E-state index contributed by atoms with van der Waals surface area (Å²) >= 11 is 0. The minimum absolute atomic E-state index is 0.257. The van der Waals surface area contributed by atoms with Crippen LogP contribution in [0.3, 0.4) is 0 Å². The molecule has 2 aromatic heterocycles. The fourth-order valence-corrected chi connectivity index (χ4v) is 2.98. The predicted octanol–water partition coefficient (Wildman–Crippen LogP) is 2.98. The molecule has 3 heterocycles. The van der Waals surface area contributed by atoms with Crippen molar-refractivity contribution in [2.24, 2.45) is 5.92 Å². The molecule has 5 nitrogen and oxygen atoms in total. The van der Waals surface area contributed by atoms with E-state index in [-0.39, 0.29) is 6.10 Å². The van der Waals surface area contributed by atoms with Crippen LogP contribution in [-0.2, 0) is 11.3 Å². The first-order valence-corrected chi connectivity index (χ1v) is 8.79. The minimum Gasteiger partial charge on any atom is -0.376 e. The third-order valence-corrected chi connectivity index (χ3v) is 4.55. The van der Waals surface area contributed by atoms with Crippen LogP contribution in [0, 0.1) is 24.7 Å². The zero-order valence-corrected chi connectivity index (χ0v) is 14.0. The highest BCUT2D eigenvalue weighted by atomic mass is 16.5. The first-order chi connectivity index (χ1) is 11.8. The summed E-state index contributed by atoms with van der Waals surface area (Å²) in [5, 5.41) is 8.56. The summed E-state index contributed by atoms with van der Waals surface area (Å²) in [5.41, 5.74) is 3.66. The Balaban J connectivity index is 1.48. The largest absolute Gasteiger partial charge is 0.376 e. The van der Waals surface area contributed by atoms with Crippen molar-refractivity contribution in [3.63, 3.8) is 0 Å². The van der Waals surface area contributed by atoms with Gasteiger partial charge in [0.1, 0.15) is 11.4 Å². The Hall–Kier alpha value is -2.19. The van der Waals surface area contributed by atoms with Crippen LogP contribution in [0.25, 0.3) is 11.3 Å². The van der Waals surface area contributed by atoms with Crippen LogP contribution >= 0.6 is 0 Å². The van der Waals surface area contributed by atoms with E-state index in [0.717, 1.165) is 42.2 Å². The number of ether oxygens (including phenoxy) is 1. The van der Waals surface area contributed by atoms with Crippen LogP contribution in [0.4, 0.5) is 0 Å². The van der Waals surface area contributed by atoms with Gasteiger partial charge in [-0.05, 0) is 57.1 Å². The Labute approximate surface area is 142 Å². The molecule has 1 atom stereocenters. The molecule has 1 saturated heterocycles. The maximum atomic E-state index is 5.77. The lowest BCUT2D eigenvalue weighted by atomic mass is 10.1. The fraction of sp³-hybridized carbons (Fsp3) is 0.526. The van der Waals surface area contributed by atoms with Crippen LogP contribution in [0.1, 0.15) is 43.5 Å². The van der Waals surface area contributed by atoms with Crippen molar-refractivity contribution >= 4 is 0 Å². The van der Waals surface area contributed by atoms with Crippen molar-refractivity contribution in [2.75, 3.05) is 6.61 Å². The third kappa shape index (κ3) is 3.65. The molecule has 1 saturated carbocycles. The normalized spacial score (nSPS) is 20.5. The van der Waals surface area contributed by atoms with E-state index in [9.17, 15) is 0 Å². The van der Waals surface area contributed by atoms with E-state index in [4.69, 9.17) is 4.74 Å². The maximum absolute atomic E-state index is 5.77. The summed E-state index contributed by atoms with van der Waals surface area (Å²) in [4.78, 5) is 4.60. The smallest absolute Gasteiger partial charge is 0.114 e. The quantitative estimate of drug-likeness (QED) is 0.815. The lowest BCUT2D eigenvalue weighted by Gasteiger charge is -2.21. The molecule has 2 fully saturated rings. The number of aryl methyl sites for hydroxylation is 1. The van der Waals surface area contributed by atoms with Gasteiger partial charge < -0.3 is 4.74 Å². The molecule has 2 aromatic rings. The molecule has 1 aliphatic carbocycles. The van der Waals surface area contributed by atoms with E-state index >= 15 is 0 Å². The molecule has 0 spiro atoms. The van der Waals surface area contributed by atoms with Gasteiger partial charge >= 0.3 is 0 Å². The molecular weight excluding hydrogens is 300 g/mol. The summed E-state index contributed by atoms with van der Waals surface area (Å²) in [5.74, 6) is 7.01. The lowest BCUT2D eigenvalue weighted by Crippen LogP contribution is -2.24. The molecular formula is C19H22N4O. The van der Waals surface area contributed by atoms with Crippen LogP contribution in [-0.4, -0.2) is 32.7 Å². The summed E-state index contributed by atoms with van der Waals surface area (Å²) in [7, 11) is 0. The average molecular weight is 322 g/mol. The average Bonchev–Trinajstić information content (AvgIpc) is 3.32. The van der Waals surface area contributed by atoms with Gasteiger partial charge in [-0.3, -0.25) is 0 Å². The number of hydrogen-bond donors (Lipinski definition) is 0. The molecule has 1 aliphatic heterocycles. The highest BCUT2D eigenvalue weighted by molar-refractivity contribution is 5.61. The Kier molecular flexibility index (Phi) is 4.31. The van der Waals surface area contributed by atoms with E-state index in [1.807, 2.05) is 29.9 Å². The van der Waals surface area contributed by atoms with Crippen molar-refractivity contribution in [3.05, 3.63) is 29.7 Å². The Morgan fingerprint density at radius 2 is 2.17 bits per heavy atom. The molecule has 0 N–H and O–H groups in total. The third-order valence-electron chi connectivity index (χ3n) is 4.55. The standard InChI is InChI=1S/C19H22N4O/c1-14-18(10-9-16(20-14)8-7-15-5-6-15)19-13-23(22-21-19)12-17-4-2-3-11-24-17/h9-10,13,15,17H,2-6,11-12H2,1H3/t17-/m1/s1. The van der Waals surface area contributed by atoms with Gasteiger partial charge in [-0.15, -0.1) is 5.10 Å². The molecule has 124 valence electrons. The van der Waals surface area contributed by atoms with Crippen molar-refractivity contribution in [3.8, 4) is 23.1 Å². The molecule has 0 bridgehead atoms. The maximum Gasteiger partial charge on any atom is 0.114 e. The summed E-state index contributed by atoms with van der Waals surface area (Å²) in [6, 6.07) is 4.02. The number of pyridine rings is 1. The van der Waals surface area contributed by atoms with Gasteiger partial charge in [0, 0.05) is 23.8 Å². The summed E-state index contributed by atoms with van der Waals surface area (Å²) in [6.45, 7) is 3.63. The fourth-order valence-electron chi connectivity index (χ4n) is 2.98. The van der Waals surface area contributed by atoms with Crippen LogP contribution in [0.15, 0.2) is 18.3 Å². The van der Waals surface area contributed by atoms with E-state index in [1.54, 1.807) is 0 Å². The second-order valence-corrected chi connectivity index (χ2v) is 6.69. The Morgan fingerprint density at radius 1 is 1.25 bits per heavy atom. The van der Waals surface area contributed by atoms with Gasteiger partial charge in [0.05, 0.1) is 18.8 Å². The molecule has 0 amide bonds. The van der Waals surface area contributed by atoms with Crippen molar-refractivity contribution < 1.29 is 4.74 Å². The topological polar surface area (TPSA) is 52.8 Å². The second-order valence-electron chi connectivity index (χ2n) is 6.69. The molecule has 24 heavy (non-hydrogen) atoms. The predicted molar refractivity (Wildman–Crippen MR) is 91.2 cm³/mol. The van der Waals surface area contributed by atoms with E-state index in [0.29, 0.717) is 5.92 Å². The number of nitrogens with zero attached hydrogens (tertiary/aromatic N) is 4.